The summed E-state index contributed by atoms with van der Waals surface area (Å²) in [4.78, 5) is 21.4. The number of rotatable bonds is 9. The zero-order valence-corrected chi connectivity index (χ0v) is 16.4. The first-order chi connectivity index (χ1) is 13.4. The van der Waals surface area contributed by atoms with Gasteiger partial charge in [0.15, 0.2) is 0 Å². The van der Waals surface area contributed by atoms with Crippen LogP contribution in [0.15, 0.2) is 42.5 Å². The average molecular weight is 388 g/mol. The summed E-state index contributed by atoms with van der Waals surface area (Å²) >= 11 is 0. The van der Waals surface area contributed by atoms with E-state index in [1.54, 1.807) is 24.3 Å². The van der Waals surface area contributed by atoms with Gasteiger partial charge in [-0.2, -0.15) is 0 Å². The van der Waals surface area contributed by atoms with Gasteiger partial charge in [0, 0.05) is 0 Å². The summed E-state index contributed by atoms with van der Waals surface area (Å²) in [5.41, 5.74) is 1.16. The van der Waals surface area contributed by atoms with Crippen LogP contribution in [0.25, 0.3) is 0 Å². The topological polar surface area (TPSA) is 104 Å². The molecule has 0 aliphatic rings. The summed E-state index contributed by atoms with van der Waals surface area (Å²) in [5.74, 6) is -1.69. The third-order valence-electron chi connectivity index (χ3n) is 4.09. The minimum absolute atomic E-state index is 0.0671. The van der Waals surface area contributed by atoms with Gasteiger partial charge < -0.3 is 20.1 Å². The monoisotopic (exact) mass is 388 g/mol. The Labute approximate surface area is 165 Å². The number of carbonyl (C=O) groups is 2. The molecule has 2 aromatic carbocycles. The van der Waals surface area contributed by atoms with E-state index in [0.29, 0.717) is 12.4 Å². The van der Waals surface area contributed by atoms with E-state index in [9.17, 15) is 9.59 Å². The van der Waals surface area contributed by atoms with Gasteiger partial charge in [0.2, 0.25) is 0 Å². The zero-order chi connectivity index (χ0) is 20.9. The molecule has 6 heteroatoms. The van der Waals surface area contributed by atoms with Crippen LogP contribution in [-0.2, 0) is 6.42 Å². The molecule has 0 aliphatic carbocycles. The number of benzene rings is 2. The molecule has 0 saturated carbocycles. The molecule has 6 nitrogen and oxygen atoms in total. The van der Waals surface area contributed by atoms with Crippen molar-refractivity contribution in [3.05, 3.63) is 59.2 Å². The highest BCUT2D eigenvalue weighted by Crippen LogP contribution is 2.25. The summed E-state index contributed by atoms with van der Waals surface area (Å²) in [5, 5.41) is 26.5. The molecule has 0 heterocycles. The molecule has 0 fully saturated rings. The molecule has 0 bridgehead atoms. The molecule has 0 saturated heterocycles. The first kappa shape index (κ1) is 23.0. The first-order valence-electron chi connectivity index (χ1n) is 9.41. The number of aromatic hydroxyl groups is 1. The van der Waals surface area contributed by atoms with Crippen molar-refractivity contribution in [1.82, 2.24) is 0 Å². The maximum atomic E-state index is 11.1. The van der Waals surface area contributed by atoms with Crippen LogP contribution >= 0.6 is 0 Å². The fourth-order valence-corrected chi connectivity index (χ4v) is 2.56. The van der Waals surface area contributed by atoms with E-state index in [1.165, 1.54) is 25.0 Å². The average Bonchev–Trinajstić information content (AvgIpc) is 2.68. The summed E-state index contributed by atoms with van der Waals surface area (Å²) in [6.07, 6.45) is 5.28. The summed E-state index contributed by atoms with van der Waals surface area (Å²) in [6, 6.07) is 11.1. The van der Waals surface area contributed by atoms with Crippen LogP contribution < -0.4 is 4.74 Å². The quantitative estimate of drug-likeness (QED) is 0.522. The molecular weight excluding hydrogens is 360 g/mol. The van der Waals surface area contributed by atoms with Crippen molar-refractivity contribution >= 4 is 11.9 Å². The van der Waals surface area contributed by atoms with Crippen LogP contribution in [0.5, 0.6) is 11.5 Å². The Morgan fingerprint density at radius 3 is 2.04 bits per heavy atom. The number of para-hydroxylation sites is 2. The van der Waals surface area contributed by atoms with Gasteiger partial charge in [-0.15, -0.1) is 0 Å². The van der Waals surface area contributed by atoms with E-state index < -0.39 is 11.9 Å². The molecule has 28 heavy (non-hydrogen) atoms. The molecule has 0 atom stereocenters. The van der Waals surface area contributed by atoms with Gasteiger partial charge in [-0.25, -0.2) is 9.59 Å². The molecule has 0 amide bonds. The first-order valence-corrected chi connectivity index (χ1v) is 9.41. The summed E-state index contributed by atoms with van der Waals surface area (Å²) < 4.78 is 5.69. The molecule has 0 aromatic heterocycles. The van der Waals surface area contributed by atoms with Crippen LogP contribution in [-0.4, -0.2) is 33.9 Å². The SMILES string of the molecule is CCCCCCOc1c(CC)cccc1C(=O)O.O=C(O)c1ccccc1O. The van der Waals surface area contributed by atoms with Gasteiger partial charge in [-0.3, -0.25) is 0 Å². The zero-order valence-electron chi connectivity index (χ0n) is 16.4. The van der Waals surface area contributed by atoms with Crippen molar-refractivity contribution in [3.8, 4) is 11.5 Å². The Morgan fingerprint density at radius 2 is 1.50 bits per heavy atom. The minimum Gasteiger partial charge on any atom is -0.507 e. The van der Waals surface area contributed by atoms with Crippen molar-refractivity contribution in [2.75, 3.05) is 6.61 Å². The number of aromatic carboxylic acids is 2. The van der Waals surface area contributed by atoms with Crippen molar-refractivity contribution < 1.29 is 29.6 Å². The van der Waals surface area contributed by atoms with Gasteiger partial charge >= 0.3 is 11.9 Å². The fourth-order valence-electron chi connectivity index (χ4n) is 2.56. The van der Waals surface area contributed by atoms with Crippen molar-refractivity contribution in [3.63, 3.8) is 0 Å². The lowest BCUT2D eigenvalue weighted by atomic mass is 10.1. The van der Waals surface area contributed by atoms with E-state index in [4.69, 9.17) is 20.1 Å². The Balaban J connectivity index is 0.000000330. The number of carboxylic acid groups (broad SMARTS) is 2. The number of aryl methyl sites for hydroxylation is 1. The van der Waals surface area contributed by atoms with Crippen LogP contribution in [0.3, 0.4) is 0 Å². The predicted molar refractivity (Wildman–Crippen MR) is 107 cm³/mol. The molecule has 0 radical (unpaired) electrons. The highest BCUT2D eigenvalue weighted by atomic mass is 16.5. The van der Waals surface area contributed by atoms with Gasteiger partial charge in [0.25, 0.3) is 0 Å². The fraction of sp³-hybridized carbons (Fsp3) is 0.364. The Bertz CT molecular complexity index is 769. The number of hydrogen-bond acceptors (Lipinski definition) is 4. The maximum Gasteiger partial charge on any atom is 0.339 e. The Morgan fingerprint density at radius 1 is 0.857 bits per heavy atom. The standard InChI is InChI=1S/C15H22O3.C7H6O3/c1-3-5-6-7-11-18-14-12(4-2)9-8-10-13(14)15(16)17;8-6-4-2-1-3-5(6)7(9)10/h8-10H,3-7,11H2,1-2H3,(H,16,17);1-4,8H,(H,9,10). The van der Waals surface area contributed by atoms with E-state index >= 15 is 0 Å². The number of phenols is 1. The summed E-state index contributed by atoms with van der Waals surface area (Å²) in [7, 11) is 0. The largest absolute Gasteiger partial charge is 0.507 e. The van der Waals surface area contributed by atoms with E-state index in [1.807, 2.05) is 13.0 Å². The number of carboxylic acids is 2. The molecule has 2 aromatic rings. The van der Waals surface area contributed by atoms with E-state index in [-0.39, 0.29) is 16.9 Å². The number of unbranched alkanes of at least 4 members (excludes halogenated alkanes) is 3. The van der Waals surface area contributed by atoms with Crippen LogP contribution in [0, 0.1) is 0 Å². The lowest BCUT2D eigenvalue weighted by molar-refractivity contribution is 0.0681. The van der Waals surface area contributed by atoms with E-state index in [2.05, 4.69) is 6.92 Å². The molecule has 152 valence electrons. The highest BCUT2D eigenvalue weighted by Gasteiger charge is 2.14. The second-order valence-corrected chi connectivity index (χ2v) is 6.18. The normalized spacial score (nSPS) is 9.93. The van der Waals surface area contributed by atoms with Crippen LogP contribution in [0.2, 0.25) is 0 Å². The Kier molecular flexibility index (Phi) is 10.2. The minimum atomic E-state index is -1.11. The lowest BCUT2D eigenvalue weighted by Crippen LogP contribution is -2.07. The molecule has 0 unspecified atom stereocenters. The van der Waals surface area contributed by atoms with Crippen molar-refractivity contribution in [1.29, 1.82) is 0 Å². The third kappa shape index (κ3) is 7.31. The number of hydrogen-bond donors (Lipinski definition) is 3. The summed E-state index contributed by atoms with van der Waals surface area (Å²) in [6.45, 7) is 4.76. The molecule has 3 N–H and O–H groups in total. The molecular formula is C22H28O6. The van der Waals surface area contributed by atoms with Crippen molar-refractivity contribution in [2.24, 2.45) is 0 Å². The third-order valence-corrected chi connectivity index (χ3v) is 4.09. The van der Waals surface area contributed by atoms with Crippen molar-refractivity contribution in [2.45, 2.75) is 46.0 Å². The molecule has 0 spiro atoms. The highest BCUT2D eigenvalue weighted by molar-refractivity contribution is 5.91. The van der Waals surface area contributed by atoms with Gasteiger partial charge in [-0.05, 0) is 36.6 Å². The van der Waals surface area contributed by atoms with Gasteiger partial charge in [0.1, 0.15) is 22.6 Å². The van der Waals surface area contributed by atoms with Crippen LogP contribution in [0.1, 0.15) is 65.8 Å². The van der Waals surface area contributed by atoms with Crippen LogP contribution in [0.4, 0.5) is 0 Å². The Hall–Kier alpha value is -3.02. The van der Waals surface area contributed by atoms with Gasteiger partial charge in [-0.1, -0.05) is 57.4 Å². The number of ether oxygens (including phenoxy) is 1. The smallest absolute Gasteiger partial charge is 0.339 e. The predicted octanol–water partition coefficient (Wildman–Crippen LogP) is 5.00. The van der Waals surface area contributed by atoms with Gasteiger partial charge in [0.05, 0.1) is 6.61 Å². The maximum absolute atomic E-state index is 11.1. The lowest BCUT2D eigenvalue weighted by Gasteiger charge is -2.13. The second-order valence-electron chi connectivity index (χ2n) is 6.18. The van der Waals surface area contributed by atoms with E-state index in [0.717, 1.165) is 24.8 Å². The molecule has 0 aliphatic heterocycles. The molecule has 2 rings (SSSR count). The second kappa shape index (κ2) is 12.4.